The molecule has 38 heavy (non-hydrogen) atoms. The van der Waals surface area contributed by atoms with Crippen molar-refractivity contribution in [1.29, 1.82) is 5.41 Å². The Kier molecular flexibility index (Phi) is 11.6. The van der Waals surface area contributed by atoms with Gasteiger partial charge >= 0.3 is 0 Å². The number of likely N-dealkylation sites (N-methyl/N-ethyl adjacent to an activating group) is 1. The van der Waals surface area contributed by atoms with Crippen molar-refractivity contribution in [2.45, 2.75) is 58.5 Å². The first-order valence-electron chi connectivity index (χ1n) is 13.8. The number of nitrogens with one attached hydrogen (secondary N) is 2. The highest BCUT2D eigenvalue weighted by atomic mass is 79.9. The Morgan fingerprint density at radius 1 is 1.21 bits per heavy atom. The van der Waals surface area contributed by atoms with E-state index in [0.29, 0.717) is 21.8 Å². The maximum Gasteiger partial charge on any atom is 0.269 e. The van der Waals surface area contributed by atoms with Gasteiger partial charge in [0, 0.05) is 56.5 Å². The second-order valence-electron chi connectivity index (χ2n) is 10.6. The number of unbranched alkanes of at least 4 members (excludes halogenated alkanes) is 1. The quantitative estimate of drug-likeness (QED) is 0.270. The molecule has 0 spiro atoms. The molecule has 0 saturated carbocycles. The average molecular weight is 591 g/mol. The van der Waals surface area contributed by atoms with Gasteiger partial charge in [-0.1, -0.05) is 31.9 Å². The maximum atomic E-state index is 13.2. The van der Waals surface area contributed by atoms with Crippen LogP contribution in [-0.4, -0.2) is 90.1 Å². The van der Waals surface area contributed by atoms with Crippen molar-refractivity contribution in [2.75, 3.05) is 46.3 Å². The Morgan fingerprint density at radius 3 is 2.53 bits per heavy atom. The van der Waals surface area contributed by atoms with Crippen molar-refractivity contribution < 1.29 is 9.59 Å². The molecule has 2 aliphatic rings. The number of allylic oxidation sites excluding steroid dienone is 1. The van der Waals surface area contributed by atoms with E-state index in [1.165, 1.54) is 0 Å². The normalized spacial score (nSPS) is 19.0. The van der Waals surface area contributed by atoms with Crippen LogP contribution in [-0.2, 0) is 11.3 Å². The van der Waals surface area contributed by atoms with Crippen LogP contribution in [0, 0.1) is 11.3 Å². The fraction of sp³-hybridized carbons (Fsp3) is 0.607. The van der Waals surface area contributed by atoms with E-state index in [4.69, 9.17) is 11.1 Å². The lowest BCUT2D eigenvalue weighted by atomic mass is 9.94. The number of nitrogens with zero attached hydrogens (tertiary/aromatic N) is 4. The highest BCUT2D eigenvalue weighted by molar-refractivity contribution is 9.12. The van der Waals surface area contributed by atoms with Crippen molar-refractivity contribution >= 4 is 34.0 Å². The molecule has 2 heterocycles. The summed E-state index contributed by atoms with van der Waals surface area (Å²) in [6.07, 6.45) is 5.81. The van der Waals surface area contributed by atoms with Crippen LogP contribution < -0.4 is 11.2 Å². The number of hydrogen-bond donors (Lipinski definition) is 3. The Bertz CT molecular complexity index is 985. The summed E-state index contributed by atoms with van der Waals surface area (Å²) in [5.41, 5.74) is 10.9. The summed E-state index contributed by atoms with van der Waals surface area (Å²) in [7, 11) is 2.10. The van der Waals surface area contributed by atoms with Crippen LogP contribution in [0.2, 0.25) is 0 Å². The minimum Gasteiger partial charge on any atom is -0.383 e. The van der Waals surface area contributed by atoms with Gasteiger partial charge < -0.3 is 20.9 Å². The van der Waals surface area contributed by atoms with E-state index in [0.717, 1.165) is 89.7 Å². The van der Waals surface area contributed by atoms with Crippen molar-refractivity contribution in [3.05, 3.63) is 45.7 Å². The number of hydrogen-bond acceptors (Lipinski definition) is 7. The van der Waals surface area contributed by atoms with Crippen molar-refractivity contribution in [2.24, 2.45) is 11.7 Å². The van der Waals surface area contributed by atoms with Gasteiger partial charge in [-0.3, -0.25) is 24.9 Å². The Labute approximate surface area is 236 Å². The predicted molar refractivity (Wildman–Crippen MR) is 156 cm³/mol. The van der Waals surface area contributed by atoms with Crippen LogP contribution in [0.3, 0.4) is 0 Å². The molecule has 2 saturated heterocycles. The van der Waals surface area contributed by atoms with Gasteiger partial charge in [-0.2, -0.15) is 0 Å². The Morgan fingerprint density at radius 2 is 1.89 bits per heavy atom. The number of piperidine rings is 1. The summed E-state index contributed by atoms with van der Waals surface area (Å²) in [5.74, 6) is 0.505. The zero-order valence-electron chi connectivity index (χ0n) is 23.1. The molecule has 1 unspecified atom stereocenters. The van der Waals surface area contributed by atoms with E-state index in [2.05, 4.69) is 45.1 Å². The number of amides is 2. The van der Waals surface area contributed by atoms with E-state index in [1.54, 1.807) is 11.1 Å². The van der Waals surface area contributed by atoms with Gasteiger partial charge in [0.25, 0.3) is 5.91 Å². The lowest BCUT2D eigenvalue weighted by Gasteiger charge is -2.37. The number of rotatable bonds is 11. The molecule has 10 heteroatoms. The molecule has 0 radical (unpaired) electrons. The molecule has 0 aromatic heterocycles. The van der Waals surface area contributed by atoms with E-state index < -0.39 is 0 Å². The number of benzene rings is 1. The van der Waals surface area contributed by atoms with Gasteiger partial charge in [-0.05, 0) is 79.9 Å². The molecule has 1 aromatic carbocycles. The maximum absolute atomic E-state index is 13.2. The highest BCUT2D eigenvalue weighted by Crippen LogP contribution is 2.22. The van der Waals surface area contributed by atoms with Gasteiger partial charge in [-0.15, -0.1) is 0 Å². The summed E-state index contributed by atoms with van der Waals surface area (Å²) < 4.78 is 0.421. The molecule has 1 aromatic rings. The number of hydrazine groups is 1. The second-order valence-corrected chi connectivity index (χ2v) is 11.4. The predicted octanol–water partition coefficient (Wildman–Crippen LogP) is 3.37. The first-order valence-corrected chi connectivity index (χ1v) is 14.6. The number of nitrogens with two attached hydrogens (primary N) is 1. The third-order valence-corrected chi connectivity index (χ3v) is 8.25. The lowest BCUT2D eigenvalue weighted by Crippen LogP contribution is -2.50. The molecule has 0 bridgehead atoms. The van der Waals surface area contributed by atoms with E-state index in [9.17, 15) is 9.59 Å². The number of carbonyl (C=O) groups excluding carboxylic acids is 2. The summed E-state index contributed by atoms with van der Waals surface area (Å²) in [6.45, 7) is 10.2. The second kappa shape index (κ2) is 14.6. The van der Waals surface area contributed by atoms with Crippen LogP contribution in [0.15, 0.2) is 34.6 Å². The number of halogens is 1. The smallest absolute Gasteiger partial charge is 0.269 e. The third kappa shape index (κ3) is 8.28. The van der Waals surface area contributed by atoms with Crippen LogP contribution in [0.1, 0.15) is 61.9 Å². The van der Waals surface area contributed by atoms with Crippen molar-refractivity contribution in [3.63, 3.8) is 0 Å². The third-order valence-electron chi connectivity index (χ3n) is 7.62. The minimum atomic E-state index is -0.236. The molecule has 2 fully saturated rings. The molecule has 1 atom stereocenters. The van der Waals surface area contributed by atoms with Crippen LogP contribution >= 0.6 is 15.9 Å². The monoisotopic (exact) mass is 589 g/mol. The van der Waals surface area contributed by atoms with Crippen molar-refractivity contribution in [1.82, 2.24) is 25.1 Å². The fourth-order valence-electron chi connectivity index (χ4n) is 5.09. The molecule has 2 aliphatic heterocycles. The molecule has 4 N–H and O–H groups in total. The number of likely N-dealkylation sites (tertiary alicyclic amines) is 1. The van der Waals surface area contributed by atoms with Gasteiger partial charge in [-0.25, -0.2) is 0 Å². The van der Waals surface area contributed by atoms with Crippen LogP contribution in [0.4, 0.5) is 0 Å². The minimum absolute atomic E-state index is 0.0237. The highest BCUT2D eigenvalue weighted by Gasteiger charge is 2.30. The topological polar surface area (TPSA) is 109 Å². The largest absolute Gasteiger partial charge is 0.383 e. The molecule has 210 valence electrons. The van der Waals surface area contributed by atoms with E-state index >= 15 is 0 Å². The first-order chi connectivity index (χ1) is 18.2. The molecule has 9 nitrogen and oxygen atoms in total. The molecular weight excluding hydrogens is 546 g/mol. The van der Waals surface area contributed by atoms with Crippen LogP contribution in [0.25, 0.3) is 0 Å². The summed E-state index contributed by atoms with van der Waals surface area (Å²) in [5, 5.41) is 9.18. The molecule has 0 aliphatic carbocycles. The Balaban J connectivity index is 1.58. The van der Waals surface area contributed by atoms with E-state index in [-0.39, 0.29) is 17.9 Å². The summed E-state index contributed by atoms with van der Waals surface area (Å²) in [6, 6.07) is 7.66. The summed E-state index contributed by atoms with van der Waals surface area (Å²) >= 11 is 3.32. The molecule has 2 amide bonds. The number of piperazine rings is 1. The van der Waals surface area contributed by atoms with Crippen molar-refractivity contribution in [3.8, 4) is 0 Å². The molecule has 3 rings (SSSR count). The van der Waals surface area contributed by atoms with E-state index in [1.807, 2.05) is 30.0 Å². The zero-order chi connectivity index (χ0) is 27.7. The SMILES string of the molecule is CCCCC(C)N(NC(=O)c1cccc(CN2CCC(C(=O)N3CCN(C)CC3)CC2)c1)/C(N)=C(\Br)C=N. The van der Waals surface area contributed by atoms with Gasteiger partial charge in [0.05, 0.1) is 4.48 Å². The van der Waals surface area contributed by atoms with Gasteiger partial charge in [0.2, 0.25) is 5.91 Å². The average Bonchev–Trinajstić information content (AvgIpc) is 2.94. The zero-order valence-corrected chi connectivity index (χ0v) is 24.7. The first kappa shape index (κ1) is 30.1. The standard InChI is InChI=1S/C28H44BrN7O2/c1-4-5-7-21(2)36(26(31)25(29)19-30)32-27(37)24-9-6-8-22(18-24)20-34-12-10-23(11-13-34)28(38)35-16-14-33(3)15-17-35/h6,8-9,18-19,21,23,30H,4-5,7,10-17,20,31H2,1-3H3,(H,32,37)/b26-25-,30-19?. The Hall–Kier alpha value is -2.43. The van der Waals surface area contributed by atoms with Gasteiger partial charge in [0.1, 0.15) is 5.82 Å². The fourth-order valence-corrected chi connectivity index (χ4v) is 5.28. The number of carbonyl (C=O) groups is 2. The van der Waals surface area contributed by atoms with Gasteiger partial charge in [0.15, 0.2) is 0 Å². The lowest BCUT2D eigenvalue weighted by molar-refractivity contribution is -0.138. The summed E-state index contributed by atoms with van der Waals surface area (Å²) in [4.78, 5) is 32.9. The molecular formula is C28H44BrN7O2. The van der Waals surface area contributed by atoms with Crippen LogP contribution in [0.5, 0.6) is 0 Å².